The van der Waals surface area contributed by atoms with Crippen molar-refractivity contribution in [3.8, 4) is 6.07 Å². The number of fused-ring (bicyclic) bond motifs is 1. The smallest absolute Gasteiger partial charge is 0.227 e. The number of carbonyl (C=O) groups excluding carboxylic acids is 2. The van der Waals surface area contributed by atoms with Gasteiger partial charge in [0, 0.05) is 31.6 Å². The van der Waals surface area contributed by atoms with Crippen molar-refractivity contribution in [3.63, 3.8) is 0 Å². The van der Waals surface area contributed by atoms with Crippen molar-refractivity contribution >= 4 is 28.5 Å². The lowest BCUT2D eigenvalue weighted by atomic mass is 10.2. The molecule has 1 aromatic heterocycles. The summed E-state index contributed by atoms with van der Waals surface area (Å²) in [7, 11) is 0. The summed E-state index contributed by atoms with van der Waals surface area (Å²) in [4.78, 5) is 31.5. The normalized spacial score (nSPS) is 11.6. The maximum Gasteiger partial charge on any atom is 0.227 e. The van der Waals surface area contributed by atoms with E-state index in [2.05, 4.69) is 20.9 Å². The van der Waals surface area contributed by atoms with E-state index in [1.807, 2.05) is 68.4 Å². The summed E-state index contributed by atoms with van der Waals surface area (Å²) in [6.45, 7) is 5.00. The van der Waals surface area contributed by atoms with Crippen LogP contribution < -0.4 is 10.2 Å². The molecule has 1 N–H and O–H groups in total. The van der Waals surface area contributed by atoms with E-state index in [4.69, 9.17) is 5.26 Å². The van der Waals surface area contributed by atoms with Crippen molar-refractivity contribution in [3.05, 3.63) is 60.4 Å². The second-order valence-corrected chi connectivity index (χ2v) is 7.28. The third-order valence-electron chi connectivity index (χ3n) is 5.15. The number of hydrogen-bond acceptors (Lipinski definition) is 4. The standard InChI is InChI=1S/C24H27N5O2/c1-3-28-21-13-8-7-12-20(21)27-24(28)18(2)26-22(30)14-15-23(31)29(17-9-16-25)19-10-5-4-6-11-19/h4-8,10-13,18H,3,9,14-15,17H2,1-2H3,(H,26,30). The van der Waals surface area contributed by atoms with E-state index in [0.717, 1.165) is 29.1 Å². The van der Waals surface area contributed by atoms with Crippen LogP contribution in [0.15, 0.2) is 54.6 Å². The molecular weight excluding hydrogens is 390 g/mol. The molecule has 7 nitrogen and oxygen atoms in total. The van der Waals surface area contributed by atoms with Gasteiger partial charge in [0.05, 0.1) is 29.6 Å². The van der Waals surface area contributed by atoms with Crippen molar-refractivity contribution in [1.29, 1.82) is 5.26 Å². The average Bonchev–Trinajstić information content (AvgIpc) is 3.17. The van der Waals surface area contributed by atoms with Gasteiger partial charge in [-0.1, -0.05) is 30.3 Å². The Hall–Kier alpha value is -3.66. The van der Waals surface area contributed by atoms with Crippen LogP contribution in [0, 0.1) is 11.3 Å². The number of para-hydroxylation sites is 3. The quantitative estimate of drug-likeness (QED) is 0.570. The van der Waals surface area contributed by atoms with E-state index in [-0.39, 0.29) is 37.1 Å². The minimum Gasteiger partial charge on any atom is -0.346 e. The maximum atomic E-state index is 12.7. The number of nitriles is 1. The van der Waals surface area contributed by atoms with Gasteiger partial charge < -0.3 is 14.8 Å². The van der Waals surface area contributed by atoms with Crippen molar-refractivity contribution in [2.24, 2.45) is 0 Å². The van der Waals surface area contributed by atoms with Gasteiger partial charge in [-0.05, 0) is 38.1 Å². The van der Waals surface area contributed by atoms with Gasteiger partial charge in [0.2, 0.25) is 11.8 Å². The summed E-state index contributed by atoms with van der Waals surface area (Å²) in [5, 5.41) is 11.9. The van der Waals surface area contributed by atoms with Gasteiger partial charge >= 0.3 is 0 Å². The molecule has 7 heteroatoms. The fraction of sp³-hybridized carbons (Fsp3) is 0.333. The number of nitrogens with one attached hydrogen (secondary N) is 1. The summed E-state index contributed by atoms with van der Waals surface area (Å²) < 4.78 is 2.09. The first-order valence-corrected chi connectivity index (χ1v) is 10.5. The first kappa shape index (κ1) is 22.0. The Kier molecular flexibility index (Phi) is 7.39. The number of benzene rings is 2. The summed E-state index contributed by atoms with van der Waals surface area (Å²) in [6.07, 6.45) is 0.381. The van der Waals surface area contributed by atoms with Crippen LogP contribution in [-0.2, 0) is 16.1 Å². The number of carbonyl (C=O) groups is 2. The van der Waals surface area contributed by atoms with Gasteiger partial charge in [-0.25, -0.2) is 4.98 Å². The van der Waals surface area contributed by atoms with E-state index in [9.17, 15) is 9.59 Å². The van der Waals surface area contributed by atoms with E-state index in [0.29, 0.717) is 6.54 Å². The molecule has 0 saturated heterocycles. The topological polar surface area (TPSA) is 91.0 Å². The second kappa shape index (κ2) is 10.4. The van der Waals surface area contributed by atoms with Crippen LogP contribution in [0.2, 0.25) is 0 Å². The largest absolute Gasteiger partial charge is 0.346 e. The van der Waals surface area contributed by atoms with Gasteiger partial charge in [-0.3, -0.25) is 9.59 Å². The Labute approximate surface area is 182 Å². The number of hydrogen-bond donors (Lipinski definition) is 1. The van der Waals surface area contributed by atoms with Crippen molar-refractivity contribution in [1.82, 2.24) is 14.9 Å². The van der Waals surface area contributed by atoms with Gasteiger partial charge in [-0.15, -0.1) is 0 Å². The molecule has 0 radical (unpaired) electrons. The van der Waals surface area contributed by atoms with Crippen LogP contribution in [0.5, 0.6) is 0 Å². The zero-order chi connectivity index (χ0) is 22.2. The highest BCUT2D eigenvalue weighted by atomic mass is 16.2. The minimum atomic E-state index is -0.279. The van der Waals surface area contributed by atoms with E-state index < -0.39 is 0 Å². The third-order valence-corrected chi connectivity index (χ3v) is 5.15. The fourth-order valence-corrected chi connectivity index (χ4v) is 3.66. The Bertz CT molecular complexity index is 1080. The molecule has 2 aromatic carbocycles. The van der Waals surface area contributed by atoms with Gasteiger partial charge in [0.25, 0.3) is 0 Å². The maximum absolute atomic E-state index is 12.7. The molecule has 0 saturated carbocycles. The number of rotatable bonds is 9. The van der Waals surface area contributed by atoms with Crippen molar-refractivity contribution in [2.45, 2.75) is 45.7 Å². The number of aromatic nitrogens is 2. The van der Waals surface area contributed by atoms with Crippen molar-refractivity contribution in [2.75, 3.05) is 11.4 Å². The molecule has 0 aliphatic carbocycles. The average molecular weight is 418 g/mol. The van der Waals surface area contributed by atoms with Crippen molar-refractivity contribution < 1.29 is 9.59 Å². The summed E-state index contributed by atoms with van der Waals surface area (Å²) >= 11 is 0. The number of imidazole rings is 1. The zero-order valence-electron chi connectivity index (χ0n) is 17.9. The first-order chi connectivity index (χ1) is 15.0. The lowest BCUT2D eigenvalue weighted by Crippen LogP contribution is -2.34. The zero-order valence-corrected chi connectivity index (χ0v) is 17.9. The number of anilines is 1. The fourth-order valence-electron chi connectivity index (χ4n) is 3.66. The van der Waals surface area contributed by atoms with Crippen LogP contribution in [0.25, 0.3) is 11.0 Å². The Morgan fingerprint density at radius 1 is 1.13 bits per heavy atom. The number of amides is 2. The highest BCUT2D eigenvalue weighted by Crippen LogP contribution is 2.21. The number of nitrogens with zero attached hydrogens (tertiary/aromatic N) is 4. The summed E-state index contributed by atoms with van der Waals surface area (Å²) in [5.74, 6) is 0.414. The highest BCUT2D eigenvalue weighted by molar-refractivity contribution is 5.95. The lowest BCUT2D eigenvalue weighted by Gasteiger charge is -2.22. The molecule has 3 rings (SSSR count). The molecule has 160 valence electrons. The Balaban J connectivity index is 1.62. The van der Waals surface area contributed by atoms with Gasteiger partial charge in [0.1, 0.15) is 5.82 Å². The molecule has 0 spiro atoms. The first-order valence-electron chi connectivity index (χ1n) is 10.5. The van der Waals surface area contributed by atoms with E-state index in [1.165, 1.54) is 0 Å². The molecule has 0 fully saturated rings. The minimum absolute atomic E-state index is 0.0725. The molecule has 2 amide bonds. The third kappa shape index (κ3) is 5.28. The van der Waals surface area contributed by atoms with Crippen LogP contribution in [0.1, 0.15) is 45.0 Å². The molecule has 1 heterocycles. The van der Waals surface area contributed by atoms with Crippen LogP contribution in [0.3, 0.4) is 0 Å². The summed E-state index contributed by atoms with van der Waals surface area (Å²) in [6, 6.07) is 18.9. The molecular formula is C24H27N5O2. The van der Waals surface area contributed by atoms with E-state index in [1.54, 1.807) is 4.90 Å². The predicted octanol–water partition coefficient (Wildman–Crippen LogP) is 3.96. The molecule has 0 aliphatic rings. The molecule has 1 unspecified atom stereocenters. The highest BCUT2D eigenvalue weighted by Gasteiger charge is 2.20. The Morgan fingerprint density at radius 3 is 2.55 bits per heavy atom. The van der Waals surface area contributed by atoms with Gasteiger partial charge in [-0.2, -0.15) is 5.26 Å². The molecule has 0 aliphatic heterocycles. The lowest BCUT2D eigenvalue weighted by molar-refractivity contribution is -0.125. The second-order valence-electron chi connectivity index (χ2n) is 7.28. The van der Waals surface area contributed by atoms with Crippen LogP contribution in [-0.4, -0.2) is 27.9 Å². The molecule has 1 atom stereocenters. The van der Waals surface area contributed by atoms with Gasteiger partial charge in [0.15, 0.2) is 0 Å². The number of aryl methyl sites for hydroxylation is 1. The molecule has 3 aromatic rings. The molecule has 0 bridgehead atoms. The Morgan fingerprint density at radius 2 is 1.84 bits per heavy atom. The van der Waals surface area contributed by atoms with E-state index >= 15 is 0 Å². The molecule has 31 heavy (non-hydrogen) atoms. The van der Waals surface area contributed by atoms with Crippen LogP contribution in [0.4, 0.5) is 5.69 Å². The van der Waals surface area contributed by atoms with Crippen LogP contribution >= 0.6 is 0 Å². The predicted molar refractivity (Wildman–Crippen MR) is 120 cm³/mol. The summed E-state index contributed by atoms with van der Waals surface area (Å²) in [5.41, 5.74) is 2.66. The monoisotopic (exact) mass is 417 g/mol. The SMILES string of the molecule is CCn1c(C(C)NC(=O)CCC(=O)N(CCC#N)c2ccccc2)nc2ccccc21.